The molecule has 2 aromatic rings. The minimum absolute atomic E-state index is 0.0298. The summed E-state index contributed by atoms with van der Waals surface area (Å²) in [5, 5.41) is 13.4. The van der Waals surface area contributed by atoms with Gasteiger partial charge in [-0.15, -0.1) is 0 Å². The zero-order chi connectivity index (χ0) is 20.4. The molecule has 0 fully saturated rings. The number of sulfonamides is 1. The van der Waals surface area contributed by atoms with Crippen LogP contribution in [-0.2, 0) is 16.6 Å². The Morgan fingerprint density at radius 3 is 2.26 bits per heavy atom. The first kappa shape index (κ1) is 20.5. The number of nitro groups is 1. The van der Waals surface area contributed by atoms with E-state index in [4.69, 9.17) is 0 Å². The van der Waals surface area contributed by atoms with Gasteiger partial charge < -0.3 is 5.32 Å². The highest BCUT2D eigenvalue weighted by molar-refractivity contribution is 7.89. The monoisotopic (exact) mass is 391 g/mol. The Labute approximate surface area is 158 Å². The Balaban J connectivity index is 2.24. The van der Waals surface area contributed by atoms with Crippen molar-refractivity contribution in [2.45, 2.75) is 25.3 Å². The van der Waals surface area contributed by atoms with Crippen molar-refractivity contribution in [2.24, 2.45) is 0 Å². The average Bonchev–Trinajstić information content (AvgIpc) is 2.61. The minimum atomic E-state index is -3.68. The van der Waals surface area contributed by atoms with Crippen molar-refractivity contribution in [2.75, 3.05) is 14.1 Å². The Kier molecular flexibility index (Phi) is 5.97. The van der Waals surface area contributed by atoms with Crippen LogP contribution in [0.25, 0.3) is 0 Å². The first-order chi connectivity index (χ1) is 12.5. The van der Waals surface area contributed by atoms with Crippen LogP contribution in [0.4, 0.5) is 5.69 Å². The van der Waals surface area contributed by atoms with Crippen LogP contribution in [0.5, 0.6) is 0 Å². The van der Waals surface area contributed by atoms with Crippen molar-refractivity contribution in [1.82, 2.24) is 9.62 Å². The number of nitrogens with zero attached hydrogens (tertiary/aromatic N) is 2. The summed E-state index contributed by atoms with van der Waals surface area (Å²) in [5.41, 5.74) is 2.19. The minimum Gasteiger partial charge on any atom is -0.348 e. The molecule has 9 heteroatoms. The fourth-order valence-electron chi connectivity index (χ4n) is 2.44. The molecule has 0 unspecified atom stereocenters. The van der Waals surface area contributed by atoms with Crippen molar-refractivity contribution in [1.29, 1.82) is 0 Å². The van der Waals surface area contributed by atoms with Gasteiger partial charge in [0.15, 0.2) is 0 Å². The molecule has 0 aliphatic heterocycles. The Bertz CT molecular complexity index is 983. The van der Waals surface area contributed by atoms with Gasteiger partial charge in [-0.2, -0.15) is 0 Å². The number of hydrogen-bond donors (Lipinski definition) is 1. The van der Waals surface area contributed by atoms with Gasteiger partial charge in [0.25, 0.3) is 11.6 Å². The highest BCUT2D eigenvalue weighted by Crippen LogP contribution is 2.23. The lowest BCUT2D eigenvalue weighted by molar-refractivity contribution is -0.384. The third-order valence-corrected chi connectivity index (χ3v) is 6.18. The van der Waals surface area contributed by atoms with Gasteiger partial charge >= 0.3 is 0 Å². The molecule has 0 spiro atoms. The molecule has 0 heterocycles. The van der Waals surface area contributed by atoms with E-state index in [-0.39, 0.29) is 22.7 Å². The predicted molar refractivity (Wildman–Crippen MR) is 101 cm³/mol. The third kappa shape index (κ3) is 4.50. The maximum Gasteiger partial charge on any atom is 0.269 e. The van der Waals surface area contributed by atoms with Gasteiger partial charge in [-0.25, -0.2) is 12.7 Å². The maximum atomic E-state index is 12.5. The standard InChI is InChI=1S/C18H21N3O5S/c1-12-9-15(10-17(13(12)2)27(25,26)20(3)4)18(22)19-11-14-5-7-16(8-6-14)21(23)24/h5-10H,11H2,1-4H3,(H,19,22). The van der Waals surface area contributed by atoms with Crippen molar-refractivity contribution >= 4 is 21.6 Å². The van der Waals surface area contributed by atoms with Crippen molar-refractivity contribution in [3.63, 3.8) is 0 Å². The number of carbonyl (C=O) groups is 1. The maximum absolute atomic E-state index is 12.5. The summed E-state index contributed by atoms with van der Waals surface area (Å²) in [6.07, 6.45) is 0. The van der Waals surface area contributed by atoms with Crippen LogP contribution in [0, 0.1) is 24.0 Å². The molecule has 0 atom stereocenters. The molecular weight excluding hydrogens is 370 g/mol. The number of hydrogen-bond acceptors (Lipinski definition) is 5. The summed E-state index contributed by atoms with van der Waals surface area (Å²) < 4.78 is 26.1. The lowest BCUT2D eigenvalue weighted by Crippen LogP contribution is -2.26. The smallest absolute Gasteiger partial charge is 0.269 e. The molecule has 0 saturated carbocycles. The van der Waals surface area contributed by atoms with Crippen LogP contribution in [0.3, 0.4) is 0 Å². The predicted octanol–water partition coefficient (Wildman–Crippen LogP) is 2.39. The lowest BCUT2D eigenvalue weighted by Gasteiger charge is -2.16. The molecule has 144 valence electrons. The zero-order valence-electron chi connectivity index (χ0n) is 15.5. The number of non-ortho nitro benzene ring substituents is 1. The Morgan fingerprint density at radius 2 is 1.74 bits per heavy atom. The summed E-state index contributed by atoms with van der Waals surface area (Å²) in [5.74, 6) is -0.424. The second kappa shape index (κ2) is 7.85. The molecule has 0 saturated heterocycles. The first-order valence-corrected chi connectivity index (χ1v) is 9.53. The van der Waals surface area contributed by atoms with Gasteiger partial charge in [-0.3, -0.25) is 14.9 Å². The van der Waals surface area contributed by atoms with Gasteiger partial charge in [-0.1, -0.05) is 12.1 Å². The van der Waals surface area contributed by atoms with Crippen molar-refractivity contribution in [3.05, 3.63) is 68.8 Å². The second-order valence-corrected chi connectivity index (χ2v) is 8.43. The van der Waals surface area contributed by atoms with Crippen LogP contribution in [0.1, 0.15) is 27.0 Å². The molecule has 8 nitrogen and oxygen atoms in total. The number of carbonyl (C=O) groups excluding carboxylic acids is 1. The summed E-state index contributed by atoms with van der Waals surface area (Å²) in [6, 6.07) is 8.83. The van der Waals surface area contributed by atoms with E-state index in [0.29, 0.717) is 16.7 Å². The lowest BCUT2D eigenvalue weighted by atomic mass is 10.1. The summed E-state index contributed by atoms with van der Waals surface area (Å²) >= 11 is 0. The molecule has 0 bridgehead atoms. The molecule has 0 aromatic heterocycles. The number of amides is 1. The SMILES string of the molecule is Cc1cc(C(=O)NCc2ccc([N+](=O)[O-])cc2)cc(S(=O)(=O)N(C)C)c1C. The third-order valence-electron chi connectivity index (χ3n) is 4.24. The molecule has 1 N–H and O–H groups in total. The average molecular weight is 391 g/mol. The van der Waals surface area contributed by atoms with E-state index in [0.717, 1.165) is 4.31 Å². The van der Waals surface area contributed by atoms with Gasteiger partial charge in [0.1, 0.15) is 0 Å². The highest BCUT2D eigenvalue weighted by Gasteiger charge is 2.23. The number of rotatable bonds is 6. The molecular formula is C18H21N3O5S. The van der Waals surface area contributed by atoms with Gasteiger partial charge in [0, 0.05) is 38.3 Å². The highest BCUT2D eigenvalue weighted by atomic mass is 32.2. The Morgan fingerprint density at radius 1 is 1.15 bits per heavy atom. The molecule has 2 rings (SSSR count). The number of aryl methyl sites for hydroxylation is 1. The topological polar surface area (TPSA) is 110 Å². The van der Waals surface area contributed by atoms with E-state index < -0.39 is 20.9 Å². The molecule has 0 radical (unpaired) electrons. The van der Waals surface area contributed by atoms with E-state index in [1.54, 1.807) is 32.0 Å². The van der Waals surface area contributed by atoms with Crippen LogP contribution in [-0.4, -0.2) is 37.6 Å². The second-order valence-electron chi connectivity index (χ2n) is 6.31. The number of nitro benzene ring substituents is 1. The largest absolute Gasteiger partial charge is 0.348 e. The van der Waals surface area contributed by atoms with Gasteiger partial charge in [-0.05, 0) is 42.7 Å². The van der Waals surface area contributed by atoms with Crippen molar-refractivity contribution in [3.8, 4) is 0 Å². The molecule has 27 heavy (non-hydrogen) atoms. The van der Waals surface area contributed by atoms with E-state index >= 15 is 0 Å². The van der Waals surface area contributed by atoms with Crippen molar-refractivity contribution < 1.29 is 18.1 Å². The fourth-order valence-corrected chi connectivity index (χ4v) is 3.66. The van der Waals surface area contributed by atoms with Crippen LogP contribution in [0.2, 0.25) is 0 Å². The van der Waals surface area contributed by atoms with E-state index in [2.05, 4.69) is 5.32 Å². The van der Waals surface area contributed by atoms with Gasteiger partial charge in [0.2, 0.25) is 10.0 Å². The Hall–Kier alpha value is -2.78. The van der Waals surface area contributed by atoms with Gasteiger partial charge in [0.05, 0.1) is 9.82 Å². The van der Waals surface area contributed by atoms with Crippen LogP contribution < -0.4 is 5.32 Å². The molecule has 2 aromatic carbocycles. The number of nitrogens with one attached hydrogen (secondary N) is 1. The summed E-state index contributed by atoms with van der Waals surface area (Å²) in [7, 11) is -0.805. The van der Waals surface area contributed by atoms with Crippen LogP contribution >= 0.6 is 0 Å². The zero-order valence-corrected chi connectivity index (χ0v) is 16.3. The van der Waals surface area contributed by atoms with Crippen LogP contribution in [0.15, 0.2) is 41.3 Å². The van der Waals surface area contributed by atoms with E-state index in [1.807, 2.05) is 0 Å². The summed E-state index contributed by atoms with van der Waals surface area (Å²) in [6.45, 7) is 3.61. The molecule has 0 aliphatic rings. The normalized spacial score (nSPS) is 11.4. The summed E-state index contributed by atoms with van der Waals surface area (Å²) in [4.78, 5) is 22.7. The number of benzene rings is 2. The molecule has 1 amide bonds. The fraction of sp³-hybridized carbons (Fsp3) is 0.278. The first-order valence-electron chi connectivity index (χ1n) is 8.09. The van der Waals surface area contributed by atoms with E-state index in [1.165, 1.54) is 32.3 Å². The van der Waals surface area contributed by atoms with E-state index in [9.17, 15) is 23.3 Å². The quantitative estimate of drug-likeness (QED) is 0.601. The molecule has 0 aliphatic carbocycles.